The number of rotatable bonds is 5. The third-order valence-electron chi connectivity index (χ3n) is 4.46. The van der Waals surface area contributed by atoms with Crippen LogP contribution in [-0.2, 0) is 0 Å². The van der Waals surface area contributed by atoms with Crippen molar-refractivity contribution in [2.24, 2.45) is 5.92 Å². The van der Waals surface area contributed by atoms with Crippen LogP contribution >= 0.6 is 11.6 Å². The van der Waals surface area contributed by atoms with E-state index in [4.69, 9.17) is 16.3 Å². The van der Waals surface area contributed by atoms with Crippen LogP contribution in [0.2, 0.25) is 5.02 Å². The molecule has 0 aliphatic carbocycles. The quantitative estimate of drug-likeness (QED) is 0.880. The number of nitrogens with one attached hydrogen (secondary N) is 1. The summed E-state index contributed by atoms with van der Waals surface area (Å²) in [5, 5.41) is 2.93. The van der Waals surface area contributed by atoms with Crippen molar-refractivity contribution in [1.29, 1.82) is 0 Å². The lowest BCUT2D eigenvalue weighted by Gasteiger charge is -2.19. The molecular weight excluding hydrogens is 343 g/mol. The second-order valence-corrected chi connectivity index (χ2v) is 6.51. The lowest BCUT2D eigenvalue weighted by Crippen LogP contribution is -2.31. The molecule has 1 N–H and O–H groups in total. The monoisotopic (exact) mass is 362 g/mol. The summed E-state index contributed by atoms with van der Waals surface area (Å²) < 4.78 is 19.0. The van der Waals surface area contributed by atoms with Crippen LogP contribution < -0.4 is 15.0 Å². The van der Waals surface area contributed by atoms with Gasteiger partial charge in [-0.05, 0) is 48.7 Å². The molecule has 1 unspecified atom stereocenters. The summed E-state index contributed by atoms with van der Waals surface area (Å²) in [4.78, 5) is 14.5. The minimum atomic E-state index is -0.601. The molecule has 0 bridgehead atoms. The molecule has 2 aromatic rings. The molecule has 1 atom stereocenters. The van der Waals surface area contributed by atoms with Crippen molar-refractivity contribution in [2.75, 3.05) is 31.6 Å². The van der Waals surface area contributed by atoms with Crippen LogP contribution in [0.4, 0.5) is 10.1 Å². The normalized spacial score (nSPS) is 16.8. The Balaban J connectivity index is 1.55. The average Bonchev–Trinajstić information content (AvgIpc) is 3.09. The van der Waals surface area contributed by atoms with Gasteiger partial charge in [0.15, 0.2) is 0 Å². The number of halogens is 2. The number of carbonyl (C=O) groups is 1. The summed E-state index contributed by atoms with van der Waals surface area (Å²) in [6.45, 7) is 2.26. The van der Waals surface area contributed by atoms with Gasteiger partial charge in [0.05, 0.1) is 17.7 Å². The molecule has 3 rings (SSSR count). The molecule has 1 aliphatic rings. The summed E-state index contributed by atoms with van der Waals surface area (Å²) in [6, 6.07) is 12.2. The van der Waals surface area contributed by atoms with E-state index in [1.165, 1.54) is 18.2 Å². The van der Waals surface area contributed by atoms with Gasteiger partial charge in [-0.2, -0.15) is 0 Å². The second kappa shape index (κ2) is 7.74. The van der Waals surface area contributed by atoms with Crippen LogP contribution in [-0.4, -0.2) is 32.7 Å². The SMILES string of the molecule is COc1ccc(N2CCC(CNC(=O)c3c(F)cccc3Cl)C2)cc1. The Kier molecular flexibility index (Phi) is 5.43. The number of carbonyl (C=O) groups excluding carboxylic acids is 1. The van der Waals surface area contributed by atoms with Crippen molar-refractivity contribution in [1.82, 2.24) is 5.32 Å². The number of hydrogen-bond acceptors (Lipinski definition) is 3. The largest absolute Gasteiger partial charge is 0.497 e. The van der Waals surface area contributed by atoms with Gasteiger partial charge in [-0.25, -0.2) is 4.39 Å². The van der Waals surface area contributed by atoms with Crippen LogP contribution in [0.25, 0.3) is 0 Å². The lowest BCUT2D eigenvalue weighted by atomic mass is 10.1. The first-order valence-corrected chi connectivity index (χ1v) is 8.57. The fraction of sp³-hybridized carbons (Fsp3) is 0.316. The van der Waals surface area contributed by atoms with E-state index in [-0.39, 0.29) is 10.6 Å². The zero-order valence-electron chi connectivity index (χ0n) is 14.0. The molecule has 25 heavy (non-hydrogen) atoms. The van der Waals surface area contributed by atoms with Crippen molar-refractivity contribution < 1.29 is 13.9 Å². The molecule has 0 aromatic heterocycles. The molecule has 2 aromatic carbocycles. The van der Waals surface area contributed by atoms with E-state index in [9.17, 15) is 9.18 Å². The highest BCUT2D eigenvalue weighted by atomic mass is 35.5. The van der Waals surface area contributed by atoms with Crippen molar-refractivity contribution in [3.63, 3.8) is 0 Å². The van der Waals surface area contributed by atoms with Crippen LogP contribution in [0.1, 0.15) is 16.8 Å². The number of hydrogen-bond donors (Lipinski definition) is 1. The van der Waals surface area contributed by atoms with E-state index in [0.717, 1.165) is 30.9 Å². The highest BCUT2D eigenvalue weighted by Crippen LogP contribution is 2.25. The zero-order valence-corrected chi connectivity index (χ0v) is 14.7. The average molecular weight is 363 g/mol. The maximum atomic E-state index is 13.8. The summed E-state index contributed by atoms with van der Waals surface area (Å²) >= 11 is 5.93. The molecular formula is C19H20ClFN2O2. The van der Waals surface area contributed by atoms with Crippen LogP contribution in [0.3, 0.4) is 0 Å². The first-order valence-electron chi connectivity index (χ1n) is 8.19. The summed E-state index contributed by atoms with van der Waals surface area (Å²) in [6.07, 6.45) is 0.970. The van der Waals surface area contributed by atoms with Gasteiger partial charge in [0.1, 0.15) is 11.6 Å². The second-order valence-electron chi connectivity index (χ2n) is 6.11. The first kappa shape index (κ1) is 17.5. The van der Waals surface area contributed by atoms with Gasteiger partial charge < -0.3 is 15.0 Å². The fourth-order valence-corrected chi connectivity index (χ4v) is 3.32. The standard InChI is InChI=1S/C19H20ClFN2O2/c1-25-15-7-5-14(6-8-15)23-10-9-13(12-23)11-22-19(24)18-16(20)3-2-4-17(18)21/h2-8,13H,9-12H2,1H3,(H,22,24). The van der Waals surface area contributed by atoms with Crippen molar-refractivity contribution in [3.8, 4) is 5.75 Å². The zero-order chi connectivity index (χ0) is 17.8. The van der Waals surface area contributed by atoms with Crippen molar-refractivity contribution in [3.05, 3.63) is 58.9 Å². The highest BCUT2D eigenvalue weighted by Gasteiger charge is 2.24. The van der Waals surface area contributed by atoms with Crippen LogP contribution in [0, 0.1) is 11.7 Å². The third-order valence-corrected chi connectivity index (χ3v) is 4.78. The lowest BCUT2D eigenvalue weighted by molar-refractivity contribution is 0.0944. The molecule has 0 radical (unpaired) electrons. The maximum absolute atomic E-state index is 13.8. The summed E-state index contributed by atoms with van der Waals surface area (Å²) in [5.74, 6) is 0.0763. The Morgan fingerprint density at radius 2 is 2.08 bits per heavy atom. The van der Waals surface area contributed by atoms with Gasteiger partial charge in [-0.3, -0.25) is 4.79 Å². The molecule has 1 fully saturated rings. The molecule has 1 heterocycles. The number of amides is 1. The molecule has 6 heteroatoms. The smallest absolute Gasteiger partial charge is 0.255 e. The molecule has 1 amide bonds. The van der Waals surface area contributed by atoms with Crippen LogP contribution in [0.5, 0.6) is 5.75 Å². The van der Waals surface area contributed by atoms with Gasteiger partial charge in [0.2, 0.25) is 0 Å². The summed E-state index contributed by atoms with van der Waals surface area (Å²) in [7, 11) is 1.64. The summed E-state index contributed by atoms with van der Waals surface area (Å²) in [5.41, 5.74) is 1.04. The predicted octanol–water partition coefficient (Wildman–Crippen LogP) is 3.74. The molecule has 132 valence electrons. The Hall–Kier alpha value is -2.27. The van der Waals surface area contributed by atoms with E-state index in [1.807, 2.05) is 24.3 Å². The first-order chi connectivity index (χ1) is 12.1. The number of nitrogens with zero attached hydrogens (tertiary/aromatic N) is 1. The fourth-order valence-electron chi connectivity index (χ4n) is 3.07. The number of anilines is 1. The minimum Gasteiger partial charge on any atom is -0.497 e. The third kappa shape index (κ3) is 4.04. The Labute approximate surface area is 151 Å². The van der Waals surface area contributed by atoms with E-state index in [2.05, 4.69) is 10.2 Å². The molecule has 1 saturated heterocycles. The van der Waals surface area contributed by atoms with Gasteiger partial charge in [-0.1, -0.05) is 17.7 Å². The Morgan fingerprint density at radius 1 is 1.32 bits per heavy atom. The molecule has 0 saturated carbocycles. The van der Waals surface area contributed by atoms with E-state index >= 15 is 0 Å². The maximum Gasteiger partial charge on any atom is 0.255 e. The minimum absolute atomic E-state index is 0.0887. The van der Waals surface area contributed by atoms with Gasteiger partial charge in [0.25, 0.3) is 5.91 Å². The number of methoxy groups -OCH3 is 1. The Bertz CT molecular complexity index is 731. The van der Waals surface area contributed by atoms with Gasteiger partial charge in [0, 0.05) is 25.3 Å². The molecule has 4 nitrogen and oxygen atoms in total. The van der Waals surface area contributed by atoms with E-state index in [1.54, 1.807) is 7.11 Å². The number of ether oxygens (including phenoxy) is 1. The Morgan fingerprint density at radius 3 is 2.76 bits per heavy atom. The predicted molar refractivity (Wildman–Crippen MR) is 97.1 cm³/mol. The highest BCUT2D eigenvalue weighted by molar-refractivity contribution is 6.33. The topological polar surface area (TPSA) is 41.6 Å². The van der Waals surface area contributed by atoms with Crippen molar-refractivity contribution in [2.45, 2.75) is 6.42 Å². The number of benzene rings is 2. The van der Waals surface area contributed by atoms with Crippen LogP contribution in [0.15, 0.2) is 42.5 Å². The van der Waals surface area contributed by atoms with E-state index in [0.29, 0.717) is 12.5 Å². The van der Waals surface area contributed by atoms with Crippen molar-refractivity contribution >= 4 is 23.2 Å². The van der Waals surface area contributed by atoms with Gasteiger partial charge >= 0.3 is 0 Å². The molecule has 0 spiro atoms. The van der Waals surface area contributed by atoms with Gasteiger partial charge in [-0.15, -0.1) is 0 Å². The molecule has 1 aliphatic heterocycles. The van der Waals surface area contributed by atoms with E-state index < -0.39 is 11.7 Å².